The molecule has 1 unspecified atom stereocenters. The molecular formula is C15H20FNO. The molecule has 1 aromatic rings. The third-order valence-corrected chi connectivity index (χ3v) is 3.84. The van der Waals surface area contributed by atoms with Gasteiger partial charge in [-0.1, -0.05) is 25.5 Å². The fourth-order valence-electron chi connectivity index (χ4n) is 2.79. The summed E-state index contributed by atoms with van der Waals surface area (Å²) < 4.78 is 12.8. The van der Waals surface area contributed by atoms with E-state index >= 15 is 0 Å². The molecule has 0 spiro atoms. The van der Waals surface area contributed by atoms with Crippen molar-refractivity contribution < 1.29 is 9.18 Å². The van der Waals surface area contributed by atoms with Gasteiger partial charge in [-0.2, -0.15) is 0 Å². The third-order valence-electron chi connectivity index (χ3n) is 3.84. The number of hydrogen-bond acceptors (Lipinski definition) is 2. The van der Waals surface area contributed by atoms with Gasteiger partial charge in [-0.25, -0.2) is 4.39 Å². The summed E-state index contributed by atoms with van der Waals surface area (Å²) in [6.45, 7) is 3.83. The average Bonchev–Trinajstić information content (AvgIpc) is 2.82. The van der Waals surface area contributed by atoms with Crippen LogP contribution in [0.2, 0.25) is 0 Å². The van der Waals surface area contributed by atoms with E-state index in [1.165, 1.54) is 12.1 Å². The highest BCUT2D eigenvalue weighted by Gasteiger charge is 2.39. The molecule has 1 aromatic carbocycles. The summed E-state index contributed by atoms with van der Waals surface area (Å²) >= 11 is 0. The summed E-state index contributed by atoms with van der Waals surface area (Å²) in [6.07, 6.45) is 3.32. The van der Waals surface area contributed by atoms with Crippen LogP contribution in [-0.2, 0) is 11.2 Å². The minimum atomic E-state index is -0.253. The van der Waals surface area contributed by atoms with Crippen molar-refractivity contribution in [3.63, 3.8) is 0 Å². The number of carbonyl (C=O) groups excluding carboxylic acids is 1. The van der Waals surface area contributed by atoms with E-state index in [9.17, 15) is 9.18 Å². The molecule has 2 rings (SSSR count). The van der Waals surface area contributed by atoms with E-state index in [-0.39, 0.29) is 11.2 Å². The second kappa shape index (κ2) is 5.61. The van der Waals surface area contributed by atoms with Crippen LogP contribution < -0.4 is 5.32 Å². The first-order valence-electron chi connectivity index (χ1n) is 6.65. The maximum Gasteiger partial charge on any atom is 0.144 e. The van der Waals surface area contributed by atoms with E-state index in [0.29, 0.717) is 12.2 Å². The van der Waals surface area contributed by atoms with Crippen LogP contribution in [0.25, 0.3) is 0 Å². The molecule has 1 N–H and O–H groups in total. The first-order chi connectivity index (χ1) is 8.66. The summed E-state index contributed by atoms with van der Waals surface area (Å²) in [7, 11) is 0. The lowest BCUT2D eigenvalue weighted by molar-refractivity contribution is -0.127. The second-order valence-electron chi connectivity index (χ2n) is 5.18. The van der Waals surface area contributed by atoms with Gasteiger partial charge in [-0.05, 0) is 37.1 Å². The Balaban J connectivity index is 2.07. The zero-order valence-corrected chi connectivity index (χ0v) is 10.8. The van der Waals surface area contributed by atoms with E-state index in [0.717, 1.165) is 37.9 Å². The standard InChI is InChI=1S/C15H20FNO/c1-2-7-15(8-9-17-11-15)14(18)10-12-3-5-13(16)6-4-12/h3-6,17H,2,7-11H2,1H3. The van der Waals surface area contributed by atoms with Gasteiger partial charge < -0.3 is 5.32 Å². The zero-order valence-electron chi connectivity index (χ0n) is 10.8. The van der Waals surface area contributed by atoms with Crippen LogP contribution in [0, 0.1) is 11.2 Å². The normalized spacial score (nSPS) is 23.2. The van der Waals surface area contributed by atoms with Crippen LogP contribution >= 0.6 is 0 Å². The molecule has 2 nitrogen and oxygen atoms in total. The minimum Gasteiger partial charge on any atom is -0.316 e. The maximum absolute atomic E-state index is 12.8. The Morgan fingerprint density at radius 1 is 1.39 bits per heavy atom. The van der Waals surface area contributed by atoms with Gasteiger partial charge >= 0.3 is 0 Å². The van der Waals surface area contributed by atoms with Gasteiger partial charge in [-0.3, -0.25) is 4.79 Å². The summed E-state index contributed by atoms with van der Waals surface area (Å²) in [5.41, 5.74) is 0.715. The summed E-state index contributed by atoms with van der Waals surface area (Å²) in [6, 6.07) is 6.24. The second-order valence-corrected chi connectivity index (χ2v) is 5.18. The van der Waals surface area contributed by atoms with Gasteiger partial charge in [0.2, 0.25) is 0 Å². The molecule has 18 heavy (non-hydrogen) atoms. The van der Waals surface area contributed by atoms with Crippen molar-refractivity contribution in [2.24, 2.45) is 5.41 Å². The lowest BCUT2D eigenvalue weighted by Crippen LogP contribution is -2.34. The van der Waals surface area contributed by atoms with E-state index in [1.54, 1.807) is 12.1 Å². The quantitative estimate of drug-likeness (QED) is 0.869. The van der Waals surface area contributed by atoms with Gasteiger partial charge in [0.05, 0.1) is 0 Å². The van der Waals surface area contributed by atoms with Crippen LogP contribution in [0.5, 0.6) is 0 Å². The van der Waals surface area contributed by atoms with Crippen molar-refractivity contribution in [2.75, 3.05) is 13.1 Å². The van der Waals surface area contributed by atoms with Crippen molar-refractivity contribution in [3.05, 3.63) is 35.6 Å². The molecule has 1 aliphatic heterocycles. The number of rotatable bonds is 5. The molecule has 0 bridgehead atoms. The van der Waals surface area contributed by atoms with Gasteiger partial charge in [-0.15, -0.1) is 0 Å². The number of Topliss-reactive ketones (excluding diaryl/α,β-unsaturated/α-hetero) is 1. The number of benzene rings is 1. The molecule has 0 saturated carbocycles. The molecule has 1 aliphatic rings. The van der Waals surface area contributed by atoms with E-state index in [2.05, 4.69) is 12.2 Å². The molecule has 1 saturated heterocycles. The van der Waals surface area contributed by atoms with E-state index in [4.69, 9.17) is 0 Å². The molecule has 98 valence electrons. The lowest BCUT2D eigenvalue weighted by Gasteiger charge is -2.26. The highest BCUT2D eigenvalue weighted by molar-refractivity contribution is 5.87. The van der Waals surface area contributed by atoms with E-state index < -0.39 is 0 Å². The number of hydrogen-bond donors (Lipinski definition) is 1. The molecule has 0 amide bonds. The molecule has 0 aromatic heterocycles. The molecule has 1 atom stereocenters. The van der Waals surface area contributed by atoms with Gasteiger partial charge in [0.15, 0.2) is 0 Å². The Morgan fingerprint density at radius 2 is 2.11 bits per heavy atom. The number of ketones is 1. The minimum absolute atomic E-state index is 0.191. The van der Waals surface area contributed by atoms with Gasteiger partial charge in [0.1, 0.15) is 11.6 Å². The molecular weight excluding hydrogens is 229 g/mol. The van der Waals surface area contributed by atoms with E-state index in [1.807, 2.05) is 0 Å². The Bertz CT molecular complexity index is 407. The maximum atomic E-state index is 12.8. The molecule has 3 heteroatoms. The molecule has 0 aliphatic carbocycles. The van der Waals surface area contributed by atoms with Crippen molar-refractivity contribution in [1.82, 2.24) is 5.32 Å². The first-order valence-corrected chi connectivity index (χ1v) is 6.65. The number of carbonyl (C=O) groups is 1. The van der Waals surface area contributed by atoms with Crippen LogP contribution in [-0.4, -0.2) is 18.9 Å². The lowest BCUT2D eigenvalue weighted by atomic mass is 9.76. The van der Waals surface area contributed by atoms with Crippen LogP contribution in [0.3, 0.4) is 0 Å². The fourth-order valence-corrected chi connectivity index (χ4v) is 2.79. The summed E-state index contributed by atoms with van der Waals surface area (Å²) in [4.78, 5) is 12.5. The Morgan fingerprint density at radius 3 is 2.67 bits per heavy atom. The van der Waals surface area contributed by atoms with Crippen LogP contribution in [0.15, 0.2) is 24.3 Å². The van der Waals surface area contributed by atoms with Crippen molar-refractivity contribution in [2.45, 2.75) is 32.6 Å². The Hall–Kier alpha value is -1.22. The molecule has 0 radical (unpaired) electrons. The topological polar surface area (TPSA) is 29.1 Å². The van der Waals surface area contributed by atoms with Crippen LogP contribution in [0.1, 0.15) is 31.7 Å². The number of halogens is 1. The van der Waals surface area contributed by atoms with Crippen molar-refractivity contribution in [3.8, 4) is 0 Å². The SMILES string of the molecule is CCCC1(C(=O)Cc2ccc(F)cc2)CCNC1. The predicted molar refractivity (Wildman–Crippen MR) is 69.9 cm³/mol. The Labute approximate surface area is 108 Å². The summed E-state index contributed by atoms with van der Waals surface area (Å²) in [5, 5.41) is 3.29. The van der Waals surface area contributed by atoms with Gasteiger partial charge in [0, 0.05) is 18.4 Å². The fraction of sp³-hybridized carbons (Fsp3) is 0.533. The van der Waals surface area contributed by atoms with Crippen molar-refractivity contribution >= 4 is 5.78 Å². The average molecular weight is 249 g/mol. The first kappa shape index (κ1) is 13.2. The number of nitrogens with one attached hydrogen (secondary N) is 1. The summed E-state index contributed by atoms with van der Waals surface area (Å²) in [5.74, 6) is 0.0398. The van der Waals surface area contributed by atoms with Crippen molar-refractivity contribution in [1.29, 1.82) is 0 Å². The predicted octanol–water partition coefficient (Wildman–Crippen LogP) is 2.72. The molecule has 1 heterocycles. The largest absolute Gasteiger partial charge is 0.316 e. The Kier molecular flexibility index (Phi) is 4.12. The van der Waals surface area contributed by atoms with Gasteiger partial charge in [0.25, 0.3) is 0 Å². The highest BCUT2D eigenvalue weighted by atomic mass is 19.1. The monoisotopic (exact) mass is 249 g/mol. The van der Waals surface area contributed by atoms with Crippen LogP contribution in [0.4, 0.5) is 4.39 Å². The highest BCUT2D eigenvalue weighted by Crippen LogP contribution is 2.33. The molecule has 1 fully saturated rings. The smallest absolute Gasteiger partial charge is 0.144 e. The zero-order chi connectivity index (χ0) is 13.0. The third kappa shape index (κ3) is 2.78.